The second kappa shape index (κ2) is 5.85. The molecule has 0 N–H and O–H groups in total. The fraction of sp³-hybridized carbons (Fsp3) is 0.250. The first-order valence-electron chi connectivity index (χ1n) is 6.08. The molecule has 0 fully saturated rings. The first kappa shape index (κ1) is 14.2. The Morgan fingerprint density at radius 3 is 2.37 bits per heavy atom. The Morgan fingerprint density at radius 2 is 1.74 bits per heavy atom. The summed E-state index contributed by atoms with van der Waals surface area (Å²) in [6, 6.07) is 11.8. The van der Waals surface area contributed by atoms with Crippen molar-refractivity contribution in [1.29, 1.82) is 0 Å². The number of alkyl halides is 1. The third kappa shape index (κ3) is 2.88. The molecule has 0 aliphatic carbocycles. The molecule has 0 saturated heterocycles. The van der Waals surface area contributed by atoms with Crippen LogP contribution in [0.2, 0.25) is 5.02 Å². The smallest absolute Gasteiger partial charge is 0.119 e. The van der Waals surface area contributed by atoms with Crippen LogP contribution in [0.4, 0.5) is 0 Å². The van der Waals surface area contributed by atoms with Gasteiger partial charge in [-0.15, -0.1) is 11.6 Å². The number of rotatable bonds is 3. The zero-order valence-electron chi connectivity index (χ0n) is 11.2. The summed E-state index contributed by atoms with van der Waals surface area (Å²) >= 11 is 12.9. The minimum absolute atomic E-state index is 0.252. The van der Waals surface area contributed by atoms with E-state index in [4.69, 9.17) is 27.9 Å². The quantitative estimate of drug-likeness (QED) is 0.699. The Hall–Kier alpha value is -1.18. The van der Waals surface area contributed by atoms with Gasteiger partial charge in [-0.25, -0.2) is 0 Å². The van der Waals surface area contributed by atoms with Gasteiger partial charge in [0.15, 0.2) is 0 Å². The molecule has 2 rings (SSSR count). The Bertz CT molecular complexity index is 593. The van der Waals surface area contributed by atoms with E-state index in [1.54, 1.807) is 7.11 Å². The minimum atomic E-state index is -0.252. The van der Waals surface area contributed by atoms with Crippen molar-refractivity contribution >= 4 is 23.2 Å². The second-order valence-electron chi connectivity index (χ2n) is 4.56. The molecular weight excluding hydrogens is 279 g/mol. The summed E-state index contributed by atoms with van der Waals surface area (Å²) in [4.78, 5) is 0. The first-order chi connectivity index (χ1) is 9.04. The van der Waals surface area contributed by atoms with Gasteiger partial charge in [-0.05, 0) is 48.2 Å². The van der Waals surface area contributed by atoms with Crippen molar-refractivity contribution < 1.29 is 4.74 Å². The SMILES string of the molecule is COc1ccc(C(Cl)c2cccc(C)c2Cl)c(C)c1. The summed E-state index contributed by atoms with van der Waals surface area (Å²) in [6.45, 7) is 4.01. The summed E-state index contributed by atoms with van der Waals surface area (Å²) in [6.07, 6.45) is 0. The predicted molar refractivity (Wildman–Crippen MR) is 81.6 cm³/mol. The first-order valence-corrected chi connectivity index (χ1v) is 6.89. The maximum Gasteiger partial charge on any atom is 0.119 e. The van der Waals surface area contributed by atoms with Crippen LogP contribution < -0.4 is 4.74 Å². The molecule has 1 atom stereocenters. The molecule has 19 heavy (non-hydrogen) atoms. The second-order valence-corrected chi connectivity index (χ2v) is 5.38. The number of hydrogen-bond donors (Lipinski definition) is 0. The van der Waals surface area contributed by atoms with Gasteiger partial charge < -0.3 is 4.74 Å². The van der Waals surface area contributed by atoms with Gasteiger partial charge in [-0.2, -0.15) is 0 Å². The van der Waals surface area contributed by atoms with E-state index < -0.39 is 0 Å². The van der Waals surface area contributed by atoms with Gasteiger partial charge in [0.25, 0.3) is 0 Å². The fourth-order valence-electron chi connectivity index (χ4n) is 2.09. The molecule has 2 aromatic carbocycles. The fourth-order valence-corrected chi connectivity index (χ4v) is 2.81. The lowest BCUT2D eigenvalue weighted by molar-refractivity contribution is 0.414. The molecule has 100 valence electrons. The zero-order chi connectivity index (χ0) is 14.0. The van der Waals surface area contributed by atoms with Gasteiger partial charge in [0.05, 0.1) is 12.5 Å². The van der Waals surface area contributed by atoms with E-state index in [0.717, 1.165) is 33.0 Å². The lowest BCUT2D eigenvalue weighted by Crippen LogP contribution is -1.99. The normalized spacial score (nSPS) is 12.3. The summed E-state index contributed by atoms with van der Waals surface area (Å²) in [5, 5.41) is 0.482. The summed E-state index contributed by atoms with van der Waals surface area (Å²) < 4.78 is 5.21. The van der Waals surface area contributed by atoms with E-state index in [1.165, 1.54) is 0 Å². The van der Waals surface area contributed by atoms with Gasteiger partial charge in [0.1, 0.15) is 5.75 Å². The average molecular weight is 295 g/mol. The van der Waals surface area contributed by atoms with Crippen LogP contribution in [-0.4, -0.2) is 7.11 Å². The summed E-state index contributed by atoms with van der Waals surface area (Å²) in [5.41, 5.74) is 4.12. The molecule has 0 heterocycles. The molecule has 1 unspecified atom stereocenters. The largest absolute Gasteiger partial charge is 0.497 e. The molecule has 0 radical (unpaired) electrons. The number of hydrogen-bond acceptors (Lipinski definition) is 1. The minimum Gasteiger partial charge on any atom is -0.497 e. The van der Waals surface area contributed by atoms with E-state index in [-0.39, 0.29) is 5.38 Å². The molecule has 3 heteroatoms. The van der Waals surface area contributed by atoms with Gasteiger partial charge >= 0.3 is 0 Å². The Balaban J connectivity index is 2.44. The molecule has 0 bridgehead atoms. The summed E-state index contributed by atoms with van der Waals surface area (Å²) in [5.74, 6) is 0.834. The van der Waals surface area contributed by atoms with Gasteiger partial charge in [-0.1, -0.05) is 35.9 Å². The Morgan fingerprint density at radius 1 is 1.00 bits per heavy atom. The molecule has 0 aromatic heterocycles. The highest BCUT2D eigenvalue weighted by molar-refractivity contribution is 6.33. The number of methoxy groups -OCH3 is 1. The molecular formula is C16H16Cl2O. The van der Waals surface area contributed by atoms with Gasteiger partial charge in [-0.3, -0.25) is 0 Å². The van der Waals surface area contributed by atoms with E-state index in [9.17, 15) is 0 Å². The highest BCUT2D eigenvalue weighted by Gasteiger charge is 2.17. The van der Waals surface area contributed by atoms with Crippen LogP contribution in [0.25, 0.3) is 0 Å². The lowest BCUT2D eigenvalue weighted by atomic mass is 9.98. The summed E-state index contributed by atoms with van der Waals surface area (Å²) in [7, 11) is 1.66. The Kier molecular flexibility index (Phi) is 4.38. The van der Waals surface area contributed by atoms with Crippen molar-refractivity contribution in [3.8, 4) is 5.75 Å². The highest BCUT2D eigenvalue weighted by atomic mass is 35.5. The predicted octanol–water partition coefficient (Wildman–Crippen LogP) is 5.29. The maximum absolute atomic E-state index is 6.58. The van der Waals surface area contributed by atoms with Crippen LogP contribution in [0.15, 0.2) is 36.4 Å². The number of ether oxygens (including phenoxy) is 1. The van der Waals surface area contributed by atoms with E-state index in [2.05, 4.69) is 0 Å². The molecule has 0 amide bonds. The Labute approximate surface area is 124 Å². The molecule has 1 nitrogen and oxygen atoms in total. The van der Waals surface area contributed by atoms with E-state index >= 15 is 0 Å². The third-order valence-corrected chi connectivity index (χ3v) is 4.23. The third-order valence-electron chi connectivity index (χ3n) is 3.24. The van der Waals surface area contributed by atoms with Crippen LogP contribution in [0.3, 0.4) is 0 Å². The van der Waals surface area contributed by atoms with Crippen LogP contribution in [0.1, 0.15) is 27.6 Å². The van der Waals surface area contributed by atoms with Gasteiger partial charge in [0, 0.05) is 5.02 Å². The maximum atomic E-state index is 6.58. The van der Waals surface area contributed by atoms with Crippen molar-refractivity contribution in [1.82, 2.24) is 0 Å². The van der Waals surface area contributed by atoms with E-state index in [0.29, 0.717) is 0 Å². The number of aryl methyl sites for hydroxylation is 2. The highest BCUT2D eigenvalue weighted by Crippen LogP contribution is 2.37. The lowest BCUT2D eigenvalue weighted by Gasteiger charge is -2.16. The van der Waals surface area contributed by atoms with Crippen molar-refractivity contribution in [2.24, 2.45) is 0 Å². The standard InChI is InChI=1S/C16H16Cl2O/c1-10-5-4-6-14(15(10)17)16(18)13-8-7-12(19-3)9-11(13)2/h4-9,16H,1-3H3. The number of halogens is 2. The average Bonchev–Trinajstić information content (AvgIpc) is 2.41. The van der Waals surface area contributed by atoms with Crippen LogP contribution in [0.5, 0.6) is 5.75 Å². The number of benzene rings is 2. The van der Waals surface area contributed by atoms with E-state index in [1.807, 2.05) is 50.2 Å². The van der Waals surface area contributed by atoms with Crippen molar-refractivity contribution in [2.45, 2.75) is 19.2 Å². The van der Waals surface area contributed by atoms with Crippen molar-refractivity contribution in [3.05, 3.63) is 63.7 Å². The van der Waals surface area contributed by atoms with Crippen LogP contribution in [-0.2, 0) is 0 Å². The van der Waals surface area contributed by atoms with Crippen molar-refractivity contribution in [3.63, 3.8) is 0 Å². The van der Waals surface area contributed by atoms with Crippen LogP contribution >= 0.6 is 23.2 Å². The van der Waals surface area contributed by atoms with Gasteiger partial charge in [0.2, 0.25) is 0 Å². The van der Waals surface area contributed by atoms with Crippen LogP contribution in [0, 0.1) is 13.8 Å². The zero-order valence-corrected chi connectivity index (χ0v) is 12.7. The molecule has 0 saturated carbocycles. The molecule has 0 aliphatic rings. The molecule has 2 aromatic rings. The van der Waals surface area contributed by atoms with Crippen molar-refractivity contribution in [2.75, 3.05) is 7.11 Å². The topological polar surface area (TPSA) is 9.23 Å². The molecule has 0 spiro atoms. The molecule has 0 aliphatic heterocycles. The monoisotopic (exact) mass is 294 g/mol.